The van der Waals surface area contributed by atoms with Crippen LogP contribution in [0.25, 0.3) is 33.9 Å². The predicted octanol–water partition coefficient (Wildman–Crippen LogP) is 23.6. The number of piperidine rings is 2. The summed E-state index contributed by atoms with van der Waals surface area (Å²) in [6.45, 7) is 16.9. The first-order valence-corrected chi connectivity index (χ1v) is 45.7. The fourth-order valence-corrected chi connectivity index (χ4v) is 19.5. The first-order chi connectivity index (χ1) is 53.7. The third-order valence-corrected chi connectivity index (χ3v) is 26.7. The fraction of sp³-hybridized carbons (Fsp3) is 0.544. The summed E-state index contributed by atoms with van der Waals surface area (Å²) in [6.07, 6.45) is 40.2. The van der Waals surface area contributed by atoms with E-state index in [1.807, 2.05) is 54.6 Å². The molecule has 12 nitrogen and oxygen atoms in total. The number of benzene rings is 6. The van der Waals surface area contributed by atoms with Crippen molar-refractivity contribution in [1.29, 1.82) is 0 Å². The molecule has 0 bridgehead atoms. The van der Waals surface area contributed by atoms with E-state index in [1.165, 1.54) is 226 Å². The maximum atomic E-state index is 14.0. The van der Waals surface area contributed by atoms with E-state index in [1.54, 1.807) is 0 Å². The molecule has 0 amide bonds. The Morgan fingerprint density at radius 1 is 0.514 bits per heavy atom. The lowest BCUT2D eigenvalue weighted by Gasteiger charge is -2.42. The second-order valence-electron chi connectivity index (χ2n) is 30.3. The van der Waals surface area contributed by atoms with E-state index in [0.29, 0.717) is 12.8 Å². The van der Waals surface area contributed by atoms with Gasteiger partial charge in [0.1, 0.15) is 5.82 Å². The molecule has 1 saturated carbocycles. The molecule has 6 aromatic carbocycles. The van der Waals surface area contributed by atoms with Gasteiger partial charge in [-0.2, -0.15) is 45.5 Å². The minimum absolute atomic E-state index is 0.00741. The average molecular weight is 1600 g/mol. The maximum absolute atomic E-state index is 14.0. The Kier molecular flexibility index (Phi) is 38.6. The van der Waals surface area contributed by atoms with Crippen LogP contribution >= 0.6 is 0 Å². The van der Waals surface area contributed by atoms with Crippen molar-refractivity contribution in [2.24, 2.45) is 16.8 Å². The number of sulfonamides is 1. The van der Waals surface area contributed by atoms with Crippen LogP contribution in [0.1, 0.15) is 219 Å². The second kappa shape index (κ2) is 47.5. The van der Waals surface area contributed by atoms with Crippen LogP contribution in [0.2, 0.25) is 0 Å². The van der Waals surface area contributed by atoms with Gasteiger partial charge in [-0.1, -0.05) is 289 Å². The number of amidine groups is 1. The number of unbranched alkanes of at least 4 members (excludes halogenated alkanes) is 15. The van der Waals surface area contributed by atoms with Gasteiger partial charge in [-0.25, -0.2) is 13.4 Å². The summed E-state index contributed by atoms with van der Waals surface area (Å²) in [4.78, 5) is 24.9. The lowest BCUT2D eigenvalue weighted by molar-refractivity contribution is -0.247. The van der Waals surface area contributed by atoms with E-state index in [0.717, 1.165) is 66.4 Å². The van der Waals surface area contributed by atoms with Gasteiger partial charge < -0.3 is 26.1 Å². The molecule has 2 atom stereocenters. The second-order valence-corrected chi connectivity index (χ2v) is 35.8. The van der Waals surface area contributed by atoms with Gasteiger partial charge in [0, 0.05) is 62.4 Å². The van der Waals surface area contributed by atoms with Crippen molar-refractivity contribution in [3.8, 4) is 33.9 Å². The van der Waals surface area contributed by atoms with Crippen molar-refractivity contribution < 1.29 is 47.7 Å². The first kappa shape index (κ1) is 90.2. The molecule has 5 heterocycles. The molecule has 0 spiro atoms. The number of nitrogens with zero attached hydrogens (tertiary/aromatic N) is 6. The minimum Gasteiger partial charge on any atom is -0.360 e. The Labute approximate surface area is 664 Å². The summed E-state index contributed by atoms with van der Waals surface area (Å²) in [6, 6.07) is 61.8. The maximum Gasteiger partial charge on any atom is 0.439 e. The number of H-pyrrole nitrogens is 1. The molecule has 610 valence electrons. The molecule has 4 fully saturated rings. The molecule has 7 aromatic rings. The summed E-state index contributed by atoms with van der Waals surface area (Å²) < 4.78 is 135. The van der Waals surface area contributed by atoms with Crippen molar-refractivity contribution in [3.63, 3.8) is 0 Å². The topological polar surface area (TPSA) is 143 Å². The zero-order valence-electron chi connectivity index (χ0n) is 66.2. The van der Waals surface area contributed by atoms with E-state index in [2.05, 4.69) is 173 Å². The van der Waals surface area contributed by atoms with Crippen LogP contribution in [0.15, 0.2) is 196 Å². The van der Waals surface area contributed by atoms with Crippen molar-refractivity contribution >= 4 is 36.9 Å². The molecule has 2 N–H and O–H groups in total. The summed E-state index contributed by atoms with van der Waals surface area (Å²) in [5.74, 6) is -4.92. The van der Waals surface area contributed by atoms with E-state index in [9.17, 15) is 43.2 Å². The van der Waals surface area contributed by atoms with Gasteiger partial charge in [-0.05, 0) is 131 Å². The molecule has 3 saturated heterocycles. The van der Waals surface area contributed by atoms with Crippen LogP contribution in [0, 0.1) is 18.3 Å². The number of aromatic amines is 1. The highest BCUT2D eigenvalue weighted by atomic mass is 32.2. The minimum atomic E-state index is -7.00. The highest BCUT2D eigenvalue weighted by Gasteiger charge is 2.82. The molecule has 1 aromatic heterocycles. The highest BCUT2D eigenvalue weighted by Crippen LogP contribution is 2.52. The number of aromatic nitrogens is 2. The van der Waals surface area contributed by atoms with Crippen LogP contribution < -0.4 is 0 Å². The number of fused-ring (bicyclic) bond motifs is 2. The van der Waals surface area contributed by atoms with Crippen molar-refractivity contribution in [3.05, 3.63) is 188 Å². The molecular formula is C90H125F6N7O5S3. The van der Waals surface area contributed by atoms with Crippen LogP contribution in [0.4, 0.5) is 26.3 Å². The van der Waals surface area contributed by atoms with Gasteiger partial charge >= 0.3 is 26.5 Å². The number of alkyl halides is 6. The number of halogens is 6. The third kappa shape index (κ3) is 27.7. The van der Waals surface area contributed by atoms with Crippen LogP contribution in [0.3, 0.4) is 0 Å². The van der Waals surface area contributed by atoms with Gasteiger partial charge in [-0.3, -0.25) is 9.55 Å². The zero-order valence-corrected chi connectivity index (χ0v) is 68.7. The van der Waals surface area contributed by atoms with Gasteiger partial charge in [0.25, 0.3) is 10.0 Å². The first-order valence-electron chi connectivity index (χ1n) is 41.5. The number of imidazole rings is 1. The summed E-state index contributed by atoms with van der Waals surface area (Å²) in [5.41, 5.74) is 6.80. The average Bonchev–Trinajstić information content (AvgIpc) is 1.08. The molecule has 0 radical (unpaired) electrons. The molecule has 5 aliphatic rings. The number of hydrogen-bond donors (Lipinski definition) is 2. The van der Waals surface area contributed by atoms with Crippen LogP contribution in [-0.2, 0) is 37.6 Å². The SMILES string of the molecule is C1CCC2=NCCCN2CC1.CCCCCCCCN(CCCCCCCC)CCCCCCCC.O=S(=O)(O)C(F)(F)C(F)(F)C(F)(F)S(=O)(=O)N1CCC2CCCCC2C1.c1ccc(-c2nc(-c3ccccc3)c(-c3ccccc3)[nH]2)cc1.c1ccc([S+](c2ccccc2)c2cccc(CN3C[CH-]CCC3)c2)cc1. The lowest BCUT2D eigenvalue weighted by Crippen LogP contribution is -2.64. The number of hydrogen-bond acceptors (Lipinski definition) is 9. The highest BCUT2D eigenvalue weighted by molar-refractivity contribution is 7.97. The van der Waals surface area contributed by atoms with Crippen LogP contribution in [-0.4, -0.2) is 138 Å². The monoisotopic (exact) mass is 1590 g/mol. The smallest absolute Gasteiger partial charge is 0.360 e. The molecular weight excluding hydrogens is 1470 g/mol. The Hall–Kier alpha value is -6.33. The van der Waals surface area contributed by atoms with Crippen molar-refractivity contribution in [1.82, 2.24) is 29.0 Å². The van der Waals surface area contributed by atoms with E-state index >= 15 is 0 Å². The summed E-state index contributed by atoms with van der Waals surface area (Å²) in [7, 11) is -13.4. The Bertz CT molecular complexity index is 3840. The Morgan fingerprint density at radius 2 is 1.01 bits per heavy atom. The zero-order chi connectivity index (χ0) is 79.2. The molecule has 111 heavy (non-hydrogen) atoms. The fourth-order valence-electron chi connectivity index (χ4n) is 15.3. The van der Waals surface area contributed by atoms with Crippen molar-refractivity contribution in [2.75, 3.05) is 65.4 Å². The van der Waals surface area contributed by atoms with Gasteiger partial charge in [-0.15, -0.1) is 6.54 Å². The molecule has 2 unspecified atom stereocenters. The Morgan fingerprint density at radius 3 is 1.54 bits per heavy atom. The lowest BCUT2D eigenvalue weighted by atomic mass is 9.76. The summed E-state index contributed by atoms with van der Waals surface area (Å²) in [5, 5.41) is -13.1. The number of likely N-dealkylation sites (tertiary alicyclic amines) is 1. The summed E-state index contributed by atoms with van der Waals surface area (Å²) >= 11 is 0. The third-order valence-electron chi connectivity index (χ3n) is 21.7. The quantitative estimate of drug-likeness (QED) is 0.0132. The Balaban J connectivity index is 0.000000177. The normalized spacial score (nSPS) is 17.3. The van der Waals surface area contributed by atoms with E-state index in [4.69, 9.17) is 9.54 Å². The molecule has 12 rings (SSSR count). The number of nitrogens with one attached hydrogen (secondary N) is 1. The van der Waals surface area contributed by atoms with E-state index in [-0.39, 0.29) is 33.5 Å². The number of rotatable bonds is 34. The van der Waals surface area contributed by atoms with Gasteiger partial charge in [0.2, 0.25) is 0 Å². The predicted molar refractivity (Wildman–Crippen MR) is 446 cm³/mol. The van der Waals surface area contributed by atoms with E-state index < -0.39 is 49.7 Å². The van der Waals surface area contributed by atoms with Gasteiger partial charge in [0.05, 0.1) is 28.1 Å². The van der Waals surface area contributed by atoms with Crippen molar-refractivity contribution in [2.45, 2.75) is 251 Å². The molecule has 21 heteroatoms. The standard InChI is InChI=1S/C24H25NS.C24H51N.C21H16N2.C12H17F6NO5S2.C9H16N2/c1-4-12-22(13-5-1)26(23-14-6-2-7-15-23)24-16-10-11-21(19-24)20-25-17-8-3-9-18-25;1-4-7-10-13-16-19-22-25(23-20-17-14-11-8-5-2)24-21-18-15-12-9-6-3;1-4-10-16(11-5-1)19-20(17-12-6-2-7-13-17)23-21(22-19)18-14-8-3-9-15-18;13-10(14,12(17,18)26(22,23)24)11(15,16)25(20,21)19-6-5-8-3-1-2-4-9(8)7-19;1-2-5-9-10-6-4-8-11(9)7-3-1/h1-2,4-8,10-16,19H,3,9,17-18,20H2;4-24H2,1-3H3;1-15H,(H,22,23);8-9H,1-7H2,(H,22,23,24);1-8H2. The molecule has 1 aliphatic carbocycles. The van der Waals surface area contributed by atoms with Gasteiger partial charge in [0.15, 0.2) is 14.7 Å². The van der Waals surface area contributed by atoms with Crippen LogP contribution in [0.5, 0.6) is 0 Å². The number of aliphatic imine (C=N–C) groups is 1. The largest absolute Gasteiger partial charge is 0.439 e. The molecule has 4 aliphatic heterocycles.